The van der Waals surface area contributed by atoms with E-state index in [0.29, 0.717) is 10.9 Å². The highest BCUT2D eigenvalue weighted by Crippen LogP contribution is 2.30. The van der Waals surface area contributed by atoms with Crippen molar-refractivity contribution in [2.45, 2.75) is 26.7 Å². The molecule has 1 aromatic carbocycles. The predicted octanol–water partition coefficient (Wildman–Crippen LogP) is 2.96. The van der Waals surface area contributed by atoms with Crippen LogP contribution in [0.25, 0.3) is 0 Å². The van der Waals surface area contributed by atoms with Crippen LogP contribution >= 0.6 is 11.8 Å². The number of rotatable bonds is 3. The number of nitrogens with one attached hydrogen (secondary N) is 1. The van der Waals surface area contributed by atoms with E-state index in [0.717, 1.165) is 29.7 Å². The molecule has 0 unspecified atom stereocenters. The standard InChI is InChI=1S/C13H16N2OS/c1-3-4-10-6-5-9(2)7-11(10)15-12(16)8-17-13(15)14/h5-7,14H,3-4,8H2,1-2H3. The number of amides is 1. The fraction of sp³-hybridized carbons (Fsp3) is 0.385. The van der Waals surface area contributed by atoms with E-state index in [1.54, 1.807) is 4.90 Å². The maximum atomic E-state index is 11.8. The Morgan fingerprint density at radius 1 is 1.47 bits per heavy atom. The van der Waals surface area contributed by atoms with Gasteiger partial charge in [-0.05, 0) is 30.5 Å². The number of hydrogen-bond donors (Lipinski definition) is 1. The van der Waals surface area contributed by atoms with Gasteiger partial charge in [0.2, 0.25) is 5.91 Å². The SMILES string of the molecule is CCCc1ccc(C)cc1N1C(=N)SCC1=O. The first-order valence-corrected chi connectivity index (χ1v) is 6.76. The number of carbonyl (C=O) groups is 1. The molecule has 1 fully saturated rings. The molecule has 0 aromatic heterocycles. The van der Waals surface area contributed by atoms with Crippen LogP contribution in [0.3, 0.4) is 0 Å². The number of aryl methyl sites for hydroxylation is 2. The van der Waals surface area contributed by atoms with Gasteiger partial charge in [0.25, 0.3) is 0 Å². The van der Waals surface area contributed by atoms with E-state index < -0.39 is 0 Å². The lowest BCUT2D eigenvalue weighted by Crippen LogP contribution is -2.29. The Morgan fingerprint density at radius 3 is 2.82 bits per heavy atom. The van der Waals surface area contributed by atoms with Gasteiger partial charge in [0.05, 0.1) is 11.4 Å². The van der Waals surface area contributed by atoms with Gasteiger partial charge < -0.3 is 0 Å². The van der Waals surface area contributed by atoms with Crippen LogP contribution < -0.4 is 4.90 Å². The summed E-state index contributed by atoms with van der Waals surface area (Å²) in [4.78, 5) is 13.4. The molecule has 2 rings (SSSR count). The molecule has 1 saturated heterocycles. The lowest BCUT2D eigenvalue weighted by Gasteiger charge is -2.19. The van der Waals surface area contributed by atoms with Crippen molar-refractivity contribution in [1.29, 1.82) is 5.41 Å². The molecule has 3 nitrogen and oxygen atoms in total. The van der Waals surface area contributed by atoms with Gasteiger partial charge in [-0.3, -0.25) is 15.1 Å². The Bertz CT molecular complexity index is 454. The van der Waals surface area contributed by atoms with E-state index in [1.807, 2.05) is 13.0 Å². The van der Waals surface area contributed by atoms with Crippen LogP contribution in [0.1, 0.15) is 24.5 Å². The molecule has 4 heteroatoms. The Balaban J connectivity index is 2.45. The van der Waals surface area contributed by atoms with Crippen LogP contribution in [0.15, 0.2) is 18.2 Å². The maximum absolute atomic E-state index is 11.8. The zero-order valence-corrected chi connectivity index (χ0v) is 10.9. The lowest BCUT2D eigenvalue weighted by molar-refractivity contribution is -0.115. The van der Waals surface area contributed by atoms with Gasteiger partial charge in [-0.2, -0.15) is 0 Å². The summed E-state index contributed by atoms with van der Waals surface area (Å²) >= 11 is 1.30. The third-order valence-electron chi connectivity index (χ3n) is 2.79. The van der Waals surface area contributed by atoms with E-state index in [4.69, 9.17) is 5.41 Å². The van der Waals surface area contributed by atoms with Crippen molar-refractivity contribution in [3.05, 3.63) is 29.3 Å². The van der Waals surface area contributed by atoms with Gasteiger partial charge in [0.15, 0.2) is 5.17 Å². The molecule has 90 valence electrons. The fourth-order valence-corrected chi connectivity index (χ4v) is 2.70. The smallest absolute Gasteiger partial charge is 0.243 e. The second kappa shape index (κ2) is 4.92. The van der Waals surface area contributed by atoms with E-state index >= 15 is 0 Å². The Hall–Kier alpha value is -1.29. The van der Waals surface area contributed by atoms with Crippen LogP contribution in [0, 0.1) is 12.3 Å². The second-order valence-electron chi connectivity index (χ2n) is 4.21. The highest BCUT2D eigenvalue weighted by Gasteiger charge is 2.29. The second-order valence-corrected chi connectivity index (χ2v) is 5.17. The van der Waals surface area contributed by atoms with Crippen molar-refractivity contribution in [3.8, 4) is 0 Å². The average molecular weight is 248 g/mol. The summed E-state index contributed by atoms with van der Waals surface area (Å²) in [6.07, 6.45) is 1.98. The summed E-state index contributed by atoms with van der Waals surface area (Å²) in [5.41, 5.74) is 3.17. The molecule has 1 amide bonds. The fourth-order valence-electron chi connectivity index (χ4n) is 1.98. The molecule has 17 heavy (non-hydrogen) atoms. The highest BCUT2D eigenvalue weighted by molar-refractivity contribution is 8.15. The van der Waals surface area contributed by atoms with Crippen molar-refractivity contribution >= 4 is 28.5 Å². The highest BCUT2D eigenvalue weighted by atomic mass is 32.2. The minimum atomic E-state index is 0.0166. The molecule has 1 N–H and O–H groups in total. The van der Waals surface area contributed by atoms with Crippen molar-refractivity contribution in [3.63, 3.8) is 0 Å². The topological polar surface area (TPSA) is 44.2 Å². The van der Waals surface area contributed by atoms with E-state index in [9.17, 15) is 4.79 Å². The first-order chi connectivity index (χ1) is 8.13. The van der Waals surface area contributed by atoms with Crippen molar-refractivity contribution in [2.24, 2.45) is 0 Å². The Labute approximate surface area is 106 Å². The van der Waals surface area contributed by atoms with E-state index in [1.165, 1.54) is 11.8 Å². The number of carbonyl (C=O) groups excluding carboxylic acids is 1. The van der Waals surface area contributed by atoms with Crippen molar-refractivity contribution in [1.82, 2.24) is 0 Å². The number of hydrogen-bond acceptors (Lipinski definition) is 3. The largest absolute Gasteiger partial charge is 0.278 e. The van der Waals surface area contributed by atoms with Crippen LogP contribution in [0.4, 0.5) is 5.69 Å². The van der Waals surface area contributed by atoms with Crippen molar-refractivity contribution in [2.75, 3.05) is 10.7 Å². The zero-order valence-electron chi connectivity index (χ0n) is 10.1. The van der Waals surface area contributed by atoms with Crippen molar-refractivity contribution < 1.29 is 4.79 Å². The minimum absolute atomic E-state index is 0.0166. The van der Waals surface area contributed by atoms with Crippen LogP contribution in [-0.4, -0.2) is 16.8 Å². The van der Waals surface area contributed by atoms with Gasteiger partial charge in [-0.15, -0.1) is 0 Å². The first kappa shape index (κ1) is 12.2. The van der Waals surface area contributed by atoms with Crippen LogP contribution in [-0.2, 0) is 11.2 Å². The molecule has 1 aliphatic rings. The number of benzene rings is 1. The normalized spacial score (nSPS) is 15.8. The van der Waals surface area contributed by atoms with Gasteiger partial charge in [-0.25, -0.2) is 0 Å². The molecule has 0 atom stereocenters. The lowest BCUT2D eigenvalue weighted by atomic mass is 10.0. The monoisotopic (exact) mass is 248 g/mol. The van der Waals surface area contributed by atoms with E-state index in [-0.39, 0.29) is 5.91 Å². The molecule has 0 radical (unpaired) electrons. The molecule has 1 aromatic rings. The predicted molar refractivity (Wildman–Crippen MR) is 72.8 cm³/mol. The van der Waals surface area contributed by atoms with Gasteiger partial charge in [0.1, 0.15) is 0 Å². The molecule has 0 saturated carbocycles. The summed E-state index contributed by atoms with van der Waals surface area (Å²) in [5, 5.41) is 8.19. The summed E-state index contributed by atoms with van der Waals surface area (Å²) in [6, 6.07) is 6.13. The summed E-state index contributed by atoms with van der Waals surface area (Å²) < 4.78 is 0. The molecule has 1 heterocycles. The number of thioether (sulfide) groups is 1. The minimum Gasteiger partial charge on any atom is -0.278 e. The van der Waals surface area contributed by atoms with Gasteiger partial charge in [0, 0.05) is 0 Å². The van der Waals surface area contributed by atoms with E-state index in [2.05, 4.69) is 19.1 Å². The third-order valence-corrected chi connectivity index (χ3v) is 3.63. The zero-order chi connectivity index (χ0) is 12.4. The van der Waals surface area contributed by atoms with Gasteiger partial charge in [-0.1, -0.05) is 37.2 Å². The Kier molecular flexibility index (Phi) is 3.52. The summed E-state index contributed by atoms with van der Waals surface area (Å²) in [6.45, 7) is 4.13. The number of anilines is 1. The molecule has 1 aliphatic heterocycles. The summed E-state index contributed by atoms with van der Waals surface area (Å²) in [5.74, 6) is 0.404. The Morgan fingerprint density at radius 2 is 2.24 bits per heavy atom. The van der Waals surface area contributed by atoms with Crippen LogP contribution in [0.5, 0.6) is 0 Å². The van der Waals surface area contributed by atoms with Crippen LogP contribution in [0.2, 0.25) is 0 Å². The molecular formula is C13H16N2OS. The molecular weight excluding hydrogens is 232 g/mol. The summed E-state index contributed by atoms with van der Waals surface area (Å²) in [7, 11) is 0. The molecule has 0 aliphatic carbocycles. The molecule has 0 bridgehead atoms. The quantitative estimate of drug-likeness (QED) is 0.893. The average Bonchev–Trinajstić information content (AvgIpc) is 2.62. The number of nitrogens with zero attached hydrogens (tertiary/aromatic N) is 1. The molecule has 0 spiro atoms. The maximum Gasteiger partial charge on any atom is 0.243 e. The first-order valence-electron chi connectivity index (χ1n) is 5.77. The van der Waals surface area contributed by atoms with Gasteiger partial charge >= 0.3 is 0 Å². The number of amidine groups is 1. The third kappa shape index (κ3) is 2.36.